The average Bonchev–Trinajstić information content (AvgIpc) is 3.34. The summed E-state index contributed by atoms with van der Waals surface area (Å²) in [4.78, 5) is 28.8. The van der Waals surface area contributed by atoms with Crippen molar-refractivity contribution in [1.29, 1.82) is 0 Å². The van der Waals surface area contributed by atoms with Crippen LogP contribution in [0.15, 0.2) is 80.5 Å². The molecule has 0 fully saturated rings. The van der Waals surface area contributed by atoms with Crippen LogP contribution in [0.1, 0.15) is 11.1 Å². The average molecular weight is 555 g/mol. The van der Waals surface area contributed by atoms with Gasteiger partial charge in [-0.05, 0) is 66.7 Å². The number of carbonyl (C=O) groups is 1. The second kappa shape index (κ2) is 11.5. The van der Waals surface area contributed by atoms with Crippen LogP contribution in [0.5, 0.6) is 5.75 Å². The summed E-state index contributed by atoms with van der Waals surface area (Å²) >= 11 is 8.16. The Balaban J connectivity index is 1.61. The number of aryl methyl sites for hydroxylation is 1. The molecule has 0 saturated carbocycles. The molecule has 12 heteroatoms. The smallest absolute Gasteiger partial charge is 0.342 e. The van der Waals surface area contributed by atoms with Gasteiger partial charge in [-0.15, -0.1) is 5.10 Å². The summed E-state index contributed by atoms with van der Waals surface area (Å²) in [7, 11) is 1.51. The lowest BCUT2D eigenvalue weighted by molar-refractivity contribution is -0.387. The number of halogens is 1. The van der Waals surface area contributed by atoms with E-state index in [1.165, 1.54) is 31.0 Å². The number of rotatable bonds is 9. The lowest BCUT2D eigenvalue weighted by atomic mass is 10.2. The maximum atomic E-state index is 12.0. The van der Waals surface area contributed by atoms with Crippen LogP contribution in [0.4, 0.5) is 5.69 Å². The molecule has 0 atom stereocenters. The molecule has 0 saturated heterocycles. The molecule has 1 aromatic heterocycles. The quantitative estimate of drug-likeness (QED) is 0.100. The molecule has 0 radical (unpaired) electrons. The van der Waals surface area contributed by atoms with E-state index in [4.69, 9.17) is 16.3 Å². The van der Waals surface area contributed by atoms with E-state index in [1.807, 2.05) is 31.2 Å². The zero-order valence-electron chi connectivity index (χ0n) is 19.5. The highest BCUT2D eigenvalue weighted by Gasteiger charge is 2.19. The first kappa shape index (κ1) is 26.3. The summed E-state index contributed by atoms with van der Waals surface area (Å²) in [5.41, 5.74) is 1.88. The molecule has 4 aromatic rings. The SMILES string of the molecule is COc1ccc(Cl)cc1-c1nc(S/C(=C/c2ccc(Sc3ccc(C)cc3)c([N+](=O)[O-])c2)C(=O)O)n[nH]1. The highest BCUT2D eigenvalue weighted by Crippen LogP contribution is 2.37. The monoisotopic (exact) mass is 554 g/mol. The number of carboxylic acids is 1. The van der Waals surface area contributed by atoms with Gasteiger partial charge in [0.1, 0.15) is 10.7 Å². The van der Waals surface area contributed by atoms with E-state index >= 15 is 0 Å². The lowest BCUT2D eigenvalue weighted by Gasteiger charge is -2.06. The standard InChI is InChI=1S/C25H19ClN4O5S2/c1-14-3-7-17(8-4-14)36-21-10-5-15(11-19(21)30(33)34)12-22(24(31)32)37-25-27-23(28-29-25)18-13-16(26)6-9-20(18)35-2/h3-13H,1-2H3,(H,31,32)(H,27,28,29)/b22-12+. The minimum Gasteiger partial charge on any atom is -0.496 e. The molecular weight excluding hydrogens is 536 g/mol. The Bertz CT molecular complexity index is 1510. The van der Waals surface area contributed by atoms with Crippen LogP contribution in [0.3, 0.4) is 0 Å². The number of aromatic nitrogens is 3. The molecule has 188 valence electrons. The van der Waals surface area contributed by atoms with Gasteiger partial charge in [-0.1, -0.05) is 47.1 Å². The number of hydrogen-bond donors (Lipinski definition) is 2. The lowest BCUT2D eigenvalue weighted by Crippen LogP contribution is -1.98. The Kier molecular flexibility index (Phi) is 8.17. The normalized spacial score (nSPS) is 11.4. The minimum atomic E-state index is -1.22. The Hall–Kier alpha value is -3.80. The fourth-order valence-corrected chi connectivity index (χ4v) is 5.03. The number of carboxylic acid groups (broad SMARTS) is 1. The van der Waals surface area contributed by atoms with Crippen molar-refractivity contribution in [3.63, 3.8) is 0 Å². The van der Waals surface area contributed by atoms with Gasteiger partial charge in [-0.3, -0.25) is 15.2 Å². The van der Waals surface area contributed by atoms with Gasteiger partial charge in [0.2, 0.25) is 5.16 Å². The summed E-state index contributed by atoms with van der Waals surface area (Å²) in [5.74, 6) is -0.362. The minimum absolute atomic E-state index is 0.114. The van der Waals surface area contributed by atoms with Crippen LogP contribution < -0.4 is 4.74 Å². The van der Waals surface area contributed by atoms with E-state index in [-0.39, 0.29) is 15.7 Å². The van der Waals surface area contributed by atoms with Crippen LogP contribution in [0.2, 0.25) is 5.02 Å². The van der Waals surface area contributed by atoms with Gasteiger partial charge >= 0.3 is 5.97 Å². The summed E-state index contributed by atoms with van der Waals surface area (Å²) in [6.07, 6.45) is 1.34. The molecular formula is C25H19ClN4O5S2. The predicted molar refractivity (Wildman–Crippen MR) is 143 cm³/mol. The zero-order chi connectivity index (χ0) is 26.5. The Morgan fingerprint density at radius 2 is 1.92 bits per heavy atom. The number of benzene rings is 3. The van der Waals surface area contributed by atoms with Crippen LogP contribution in [-0.2, 0) is 4.79 Å². The number of ether oxygens (including phenoxy) is 1. The zero-order valence-corrected chi connectivity index (χ0v) is 21.9. The van der Waals surface area contributed by atoms with Crippen LogP contribution >= 0.6 is 35.1 Å². The topological polar surface area (TPSA) is 131 Å². The molecule has 37 heavy (non-hydrogen) atoms. The van der Waals surface area contributed by atoms with E-state index in [2.05, 4.69) is 15.2 Å². The largest absolute Gasteiger partial charge is 0.496 e. The van der Waals surface area contributed by atoms with Crippen molar-refractivity contribution < 1.29 is 19.6 Å². The number of nitro groups is 1. The van der Waals surface area contributed by atoms with Crippen molar-refractivity contribution in [3.05, 3.63) is 91.8 Å². The number of nitrogens with zero attached hydrogens (tertiary/aromatic N) is 3. The number of H-pyrrole nitrogens is 1. The first-order valence-corrected chi connectivity index (χ1v) is 12.7. The molecule has 3 aromatic carbocycles. The highest BCUT2D eigenvalue weighted by atomic mass is 35.5. The number of aliphatic carboxylic acids is 1. The van der Waals surface area contributed by atoms with Gasteiger partial charge in [0.05, 0.1) is 22.5 Å². The third-order valence-corrected chi connectivity index (χ3v) is 7.21. The predicted octanol–water partition coefficient (Wildman–Crippen LogP) is 6.72. The Labute approximate surface area is 225 Å². The molecule has 0 aliphatic carbocycles. The van der Waals surface area contributed by atoms with Crippen molar-refractivity contribution in [2.24, 2.45) is 0 Å². The number of aromatic amines is 1. The Morgan fingerprint density at radius 3 is 2.59 bits per heavy atom. The van der Waals surface area contributed by atoms with Crippen LogP contribution in [0, 0.1) is 17.0 Å². The molecule has 9 nitrogen and oxygen atoms in total. The number of nitro benzene ring substituents is 1. The van der Waals surface area contributed by atoms with E-state index in [0.717, 1.165) is 22.2 Å². The fourth-order valence-electron chi connectivity index (χ4n) is 3.25. The highest BCUT2D eigenvalue weighted by molar-refractivity contribution is 8.04. The van der Waals surface area contributed by atoms with Crippen molar-refractivity contribution in [2.45, 2.75) is 21.9 Å². The molecule has 0 spiro atoms. The molecule has 2 N–H and O–H groups in total. The summed E-state index contributed by atoms with van der Waals surface area (Å²) in [6, 6.07) is 17.2. The number of nitrogens with one attached hydrogen (secondary N) is 1. The van der Waals surface area contributed by atoms with Crippen molar-refractivity contribution in [1.82, 2.24) is 15.2 Å². The first-order chi connectivity index (χ1) is 17.7. The summed E-state index contributed by atoms with van der Waals surface area (Å²) < 4.78 is 5.33. The number of thioether (sulfide) groups is 1. The molecule has 0 aliphatic rings. The van der Waals surface area contributed by atoms with Crippen LogP contribution in [-0.4, -0.2) is 38.3 Å². The van der Waals surface area contributed by atoms with E-state index in [9.17, 15) is 20.0 Å². The van der Waals surface area contributed by atoms with Gasteiger partial charge in [-0.25, -0.2) is 9.78 Å². The second-order valence-electron chi connectivity index (χ2n) is 7.63. The van der Waals surface area contributed by atoms with Crippen molar-refractivity contribution >= 4 is 52.9 Å². The maximum Gasteiger partial charge on any atom is 0.342 e. The van der Waals surface area contributed by atoms with Crippen LogP contribution in [0.25, 0.3) is 17.5 Å². The van der Waals surface area contributed by atoms with E-state index in [1.54, 1.807) is 30.3 Å². The molecule has 4 rings (SSSR count). The molecule has 1 heterocycles. The summed E-state index contributed by atoms with van der Waals surface area (Å²) in [6.45, 7) is 1.96. The number of methoxy groups -OCH3 is 1. The van der Waals surface area contributed by atoms with E-state index in [0.29, 0.717) is 32.6 Å². The van der Waals surface area contributed by atoms with Crippen molar-refractivity contribution in [2.75, 3.05) is 7.11 Å². The van der Waals surface area contributed by atoms with Gasteiger partial charge in [-0.2, -0.15) is 0 Å². The van der Waals surface area contributed by atoms with Gasteiger partial charge in [0.15, 0.2) is 5.82 Å². The third-order valence-electron chi connectivity index (χ3n) is 5.02. The maximum absolute atomic E-state index is 12.0. The molecule has 0 amide bonds. The Morgan fingerprint density at radius 1 is 1.16 bits per heavy atom. The third kappa shape index (κ3) is 6.50. The molecule has 0 unspecified atom stereocenters. The van der Waals surface area contributed by atoms with Crippen molar-refractivity contribution in [3.8, 4) is 17.1 Å². The fraction of sp³-hybridized carbons (Fsp3) is 0.0800. The van der Waals surface area contributed by atoms with Gasteiger partial charge in [0.25, 0.3) is 5.69 Å². The first-order valence-electron chi connectivity index (χ1n) is 10.7. The van der Waals surface area contributed by atoms with E-state index < -0.39 is 10.9 Å². The summed E-state index contributed by atoms with van der Waals surface area (Å²) in [5, 5.41) is 29.0. The van der Waals surface area contributed by atoms with Gasteiger partial charge in [0, 0.05) is 16.0 Å². The second-order valence-corrected chi connectivity index (χ2v) is 10.2. The number of hydrogen-bond acceptors (Lipinski definition) is 8. The molecule has 0 bridgehead atoms. The van der Waals surface area contributed by atoms with Gasteiger partial charge < -0.3 is 9.84 Å². The molecule has 0 aliphatic heterocycles.